The van der Waals surface area contributed by atoms with Gasteiger partial charge in [0, 0.05) is 36.8 Å². The number of aliphatic hydroxyl groups is 1. The summed E-state index contributed by atoms with van der Waals surface area (Å²) in [6.07, 6.45) is 6.71. The van der Waals surface area contributed by atoms with E-state index < -0.39 is 56.2 Å². The minimum atomic E-state index is -3.87. The van der Waals surface area contributed by atoms with Gasteiger partial charge >= 0.3 is 0 Å². The van der Waals surface area contributed by atoms with Crippen LogP contribution in [0.4, 0.5) is 0 Å². The van der Waals surface area contributed by atoms with Gasteiger partial charge in [-0.1, -0.05) is 49.6 Å². The SMILES string of the molecule is Cc1ccc(C(=O)N[C@H](C(=O)N[C@@H](Cc2ccccc2)[C@H](O)CN2CC3CCCCC3C[C@H]2C(=O)NC(C)(C)C)C(C)(C)S(C)(=O)=O)cn1. The van der Waals surface area contributed by atoms with Gasteiger partial charge in [-0.05, 0) is 90.3 Å². The highest BCUT2D eigenvalue weighted by Gasteiger charge is 2.46. The molecule has 4 rings (SSSR count). The Labute approximate surface area is 291 Å². The van der Waals surface area contributed by atoms with Gasteiger partial charge in [0.05, 0.1) is 28.5 Å². The molecule has 2 aromatic rings. The Kier molecular flexibility index (Phi) is 12.3. The summed E-state index contributed by atoms with van der Waals surface area (Å²) in [5, 5.41) is 20.6. The molecule has 1 aromatic heterocycles. The first-order chi connectivity index (χ1) is 22.9. The smallest absolute Gasteiger partial charge is 0.253 e. The van der Waals surface area contributed by atoms with Gasteiger partial charge in [-0.2, -0.15) is 0 Å². The van der Waals surface area contributed by atoms with E-state index in [0.717, 1.165) is 37.5 Å². The Morgan fingerprint density at radius 2 is 1.63 bits per heavy atom. The molecule has 2 unspecified atom stereocenters. The average Bonchev–Trinajstić information content (AvgIpc) is 3.02. The minimum absolute atomic E-state index is 0.0735. The summed E-state index contributed by atoms with van der Waals surface area (Å²) in [5.74, 6) is -0.586. The van der Waals surface area contributed by atoms with Crippen molar-refractivity contribution in [3.05, 3.63) is 65.5 Å². The maximum atomic E-state index is 14.2. The van der Waals surface area contributed by atoms with Gasteiger partial charge in [0.1, 0.15) is 6.04 Å². The lowest BCUT2D eigenvalue weighted by Crippen LogP contribution is -2.64. The van der Waals surface area contributed by atoms with Crippen molar-refractivity contribution in [2.45, 2.75) is 115 Å². The van der Waals surface area contributed by atoms with E-state index >= 15 is 0 Å². The number of nitrogens with zero attached hydrogens (tertiary/aromatic N) is 2. The van der Waals surface area contributed by atoms with Crippen molar-refractivity contribution in [3.63, 3.8) is 0 Å². The van der Waals surface area contributed by atoms with E-state index in [-0.39, 0.29) is 24.4 Å². The highest BCUT2D eigenvalue weighted by atomic mass is 32.2. The molecule has 3 amide bonds. The Bertz CT molecular complexity index is 1560. The zero-order valence-corrected chi connectivity index (χ0v) is 30.8. The third-order valence-corrected chi connectivity index (χ3v) is 12.3. The van der Waals surface area contributed by atoms with Gasteiger partial charge in [0.15, 0.2) is 9.84 Å². The van der Waals surface area contributed by atoms with E-state index in [1.807, 2.05) is 51.1 Å². The number of benzene rings is 1. The van der Waals surface area contributed by atoms with Crippen LogP contribution >= 0.6 is 0 Å². The number of aliphatic hydroxyl groups excluding tert-OH is 1. The summed E-state index contributed by atoms with van der Waals surface area (Å²) in [4.78, 5) is 47.4. The quantitative estimate of drug-likeness (QED) is 0.264. The van der Waals surface area contributed by atoms with Crippen LogP contribution in [0.3, 0.4) is 0 Å². The van der Waals surface area contributed by atoms with Gasteiger partial charge in [0.2, 0.25) is 11.8 Å². The normalized spacial score (nSPS) is 22.2. The van der Waals surface area contributed by atoms with Gasteiger partial charge in [-0.15, -0.1) is 0 Å². The first-order valence-electron chi connectivity index (χ1n) is 17.4. The molecule has 1 saturated heterocycles. The van der Waals surface area contributed by atoms with Gasteiger partial charge in [0.25, 0.3) is 5.91 Å². The Morgan fingerprint density at radius 1 is 0.980 bits per heavy atom. The molecular formula is C37H55N5O6S. The van der Waals surface area contributed by atoms with E-state index in [1.165, 1.54) is 20.0 Å². The number of likely N-dealkylation sites (tertiary alicyclic amines) is 1. The molecule has 12 heteroatoms. The molecular weight excluding hydrogens is 643 g/mol. The second-order valence-electron chi connectivity index (χ2n) is 15.6. The number of nitrogens with one attached hydrogen (secondary N) is 3. The molecule has 1 aliphatic carbocycles. The van der Waals surface area contributed by atoms with Crippen molar-refractivity contribution in [1.29, 1.82) is 0 Å². The van der Waals surface area contributed by atoms with E-state index in [0.29, 0.717) is 30.5 Å². The summed E-state index contributed by atoms with van der Waals surface area (Å²) >= 11 is 0. The number of aromatic nitrogens is 1. The van der Waals surface area contributed by atoms with E-state index in [2.05, 4.69) is 25.8 Å². The van der Waals surface area contributed by atoms with Crippen LogP contribution < -0.4 is 16.0 Å². The van der Waals surface area contributed by atoms with E-state index in [9.17, 15) is 27.9 Å². The number of aryl methyl sites for hydroxylation is 1. The standard InChI is InChI=1S/C37H55N5O6S/c1-24-17-18-27(21-38-24)33(44)40-32(37(5,6)49(7,47)48)35(46)39-29(19-25-13-9-8-10-14-25)31(43)23-42-22-28-16-12-11-15-26(28)20-30(42)34(45)41-36(2,3)4/h8-10,13-14,17-18,21,26,28-32,43H,11-12,15-16,19-20,22-23H2,1-7H3,(H,39,46)(H,40,44)(H,41,45)/t26?,28?,29-,30-,31+,32+/m0/s1. The minimum Gasteiger partial charge on any atom is -0.390 e. The number of carbonyl (C=O) groups is 3. The van der Waals surface area contributed by atoms with Crippen molar-refractivity contribution >= 4 is 27.6 Å². The molecule has 2 fully saturated rings. The summed E-state index contributed by atoms with van der Waals surface area (Å²) in [5.41, 5.74) is 1.31. The van der Waals surface area contributed by atoms with Crippen LogP contribution in [0.15, 0.2) is 48.7 Å². The number of fused-ring (bicyclic) bond motifs is 1. The van der Waals surface area contributed by atoms with Crippen LogP contribution in [0, 0.1) is 18.8 Å². The van der Waals surface area contributed by atoms with Crippen molar-refractivity contribution in [1.82, 2.24) is 25.8 Å². The third-order valence-electron chi connectivity index (χ3n) is 10.2. The molecule has 0 spiro atoms. The number of carbonyl (C=O) groups excluding carboxylic acids is 3. The van der Waals surface area contributed by atoms with E-state index in [4.69, 9.17) is 0 Å². The van der Waals surface area contributed by atoms with Crippen LogP contribution in [0.25, 0.3) is 0 Å². The van der Waals surface area contributed by atoms with Crippen LogP contribution in [0.1, 0.15) is 88.3 Å². The Balaban J connectivity index is 1.63. The van der Waals surface area contributed by atoms with Gasteiger partial charge in [-0.3, -0.25) is 24.3 Å². The van der Waals surface area contributed by atoms with Gasteiger partial charge in [-0.25, -0.2) is 8.42 Å². The fraction of sp³-hybridized carbons (Fsp3) is 0.622. The van der Waals surface area contributed by atoms with Crippen LogP contribution in [0.2, 0.25) is 0 Å². The number of β-amino-alcohol motifs (C(OH)–C–C–N with tert-alkyl or cyclic N) is 1. The summed E-state index contributed by atoms with van der Waals surface area (Å²) in [6.45, 7) is 11.2. The monoisotopic (exact) mass is 697 g/mol. The first-order valence-corrected chi connectivity index (χ1v) is 19.3. The second-order valence-corrected chi connectivity index (χ2v) is 18.2. The number of rotatable bonds is 12. The predicted molar refractivity (Wildman–Crippen MR) is 191 cm³/mol. The molecule has 1 aromatic carbocycles. The number of piperidine rings is 1. The lowest BCUT2D eigenvalue weighted by molar-refractivity contribution is -0.133. The average molecular weight is 698 g/mol. The highest BCUT2D eigenvalue weighted by Crippen LogP contribution is 2.39. The van der Waals surface area contributed by atoms with Crippen molar-refractivity contribution in [2.24, 2.45) is 11.8 Å². The molecule has 1 saturated carbocycles. The molecule has 1 aliphatic heterocycles. The fourth-order valence-electron chi connectivity index (χ4n) is 7.00. The highest BCUT2D eigenvalue weighted by molar-refractivity contribution is 7.92. The Hall–Kier alpha value is -3.35. The lowest BCUT2D eigenvalue weighted by Gasteiger charge is -2.47. The molecule has 2 heterocycles. The van der Waals surface area contributed by atoms with Crippen molar-refractivity contribution in [3.8, 4) is 0 Å². The fourth-order valence-corrected chi connectivity index (χ4v) is 7.59. The van der Waals surface area contributed by atoms with Crippen molar-refractivity contribution < 1.29 is 27.9 Å². The van der Waals surface area contributed by atoms with Crippen LogP contribution in [-0.4, -0.2) is 95.0 Å². The first kappa shape index (κ1) is 38.5. The molecule has 6 atom stereocenters. The number of amides is 3. The summed E-state index contributed by atoms with van der Waals surface area (Å²) in [6, 6.07) is 9.82. The largest absolute Gasteiger partial charge is 0.390 e. The molecule has 49 heavy (non-hydrogen) atoms. The second kappa shape index (κ2) is 15.7. The summed E-state index contributed by atoms with van der Waals surface area (Å²) < 4.78 is 24.3. The topological polar surface area (TPSA) is 158 Å². The maximum absolute atomic E-state index is 14.2. The Morgan fingerprint density at radius 3 is 2.22 bits per heavy atom. The lowest BCUT2D eigenvalue weighted by atomic mass is 9.72. The van der Waals surface area contributed by atoms with Crippen LogP contribution in [-0.2, 0) is 25.8 Å². The third kappa shape index (κ3) is 10.1. The maximum Gasteiger partial charge on any atom is 0.253 e. The molecule has 11 nitrogen and oxygen atoms in total. The van der Waals surface area contributed by atoms with E-state index in [1.54, 1.807) is 19.1 Å². The summed E-state index contributed by atoms with van der Waals surface area (Å²) in [7, 11) is -3.87. The molecule has 2 aliphatic rings. The van der Waals surface area contributed by atoms with Crippen LogP contribution in [0.5, 0.6) is 0 Å². The predicted octanol–water partition coefficient (Wildman–Crippen LogP) is 3.20. The number of hydrogen-bond donors (Lipinski definition) is 4. The number of pyridine rings is 1. The molecule has 270 valence electrons. The van der Waals surface area contributed by atoms with Crippen molar-refractivity contribution in [2.75, 3.05) is 19.3 Å². The van der Waals surface area contributed by atoms with Gasteiger partial charge < -0.3 is 21.1 Å². The molecule has 4 N–H and O–H groups in total. The molecule has 0 bridgehead atoms. The molecule has 0 radical (unpaired) electrons. The zero-order valence-electron chi connectivity index (χ0n) is 30.0. The number of sulfone groups is 1. The zero-order chi connectivity index (χ0) is 36.1. The number of hydrogen-bond acceptors (Lipinski definition) is 8.